The summed E-state index contributed by atoms with van der Waals surface area (Å²) in [5.74, 6) is -0.877. The highest BCUT2D eigenvalue weighted by molar-refractivity contribution is 6.35. The van der Waals surface area contributed by atoms with Crippen molar-refractivity contribution in [2.75, 3.05) is 11.4 Å². The summed E-state index contributed by atoms with van der Waals surface area (Å²) in [4.78, 5) is 12.7. The zero-order valence-electron chi connectivity index (χ0n) is 9.08. The van der Waals surface area contributed by atoms with Crippen LogP contribution in [0.25, 0.3) is 0 Å². The number of likely N-dealkylation sites (N-methyl/N-ethyl adjacent to an activating group) is 1. The van der Waals surface area contributed by atoms with Crippen LogP contribution >= 0.6 is 23.2 Å². The van der Waals surface area contributed by atoms with Gasteiger partial charge in [-0.25, -0.2) is 4.79 Å². The Bertz CT molecular complexity index is 375. The highest BCUT2D eigenvalue weighted by atomic mass is 35.5. The van der Waals surface area contributed by atoms with E-state index in [0.29, 0.717) is 16.6 Å². The van der Waals surface area contributed by atoms with Gasteiger partial charge in [-0.2, -0.15) is 0 Å². The molecule has 88 valence electrons. The Hall–Kier alpha value is -0.930. The number of carbonyl (C=O) groups is 1. The Kier molecular flexibility index (Phi) is 4.44. The fourth-order valence-electron chi connectivity index (χ4n) is 1.52. The monoisotopic (exact) mass is 261 g/mol. The third-order valence-electron chi connectivity index (χ3n) is 2.34. The lowest BCUT2D eigenvalue weighted by Crippen LogP contribution is -2.38. The molecule has 0 spiro atoms. The van der Waals surface area contributed by atoms with E-state index in [2.05, 4.69) is 0 Å². The van der Waals surface area contributed by atoms with E-state index in [-0.39, 0.29) is 0 Å². The summed E-state index contributed by atoms with van der Waals surface area (Å²) in [6.45, 7) is 4.08. The lowest BCUT2D eigenvalue weighted by molar-refractivity contribution is -0.138. The summed E-state index contributed by atoms with van der Waals surface area (Å²) in [7, 11) is 0. The van der Waals surface area contributed by atoms with Gasteiger partial charge in [0.1, 0.15) is 6.04 Å². The number of rotatable bonds is 4. The van der Waals surface area contributed by atoms with Crippen LogP contribution in [0.5, 0.6) is 0 Å². The lowest BCUT2D eigenvalue weighted by atomic mass is 10.2. The van der Waals surface area contributed by atoms with Crippen molar-refractivity contribution < 1.29 is 9.90 Å². The first-order valence-corrected chi connectivity index (χ1v) is 5.66. The molecule has 1 aromatic carbocycles. The van der Waals surface area contributed by atoms with E-state index in [1.54, 1.807) is 30.0 Å². The van der Waals surface area contributed by atoms with Gasteiger partial charge in [-0.1, -0.05) is 23.2 Å². The van der Waals surface area contributed by atoms with Crippen LogP contribution in [-0.2, 0) is 4.79 Å². The molecule has 0 amide bonds. The lowest BCUT2D eigenvalue weighted by Gasteiger charge is -2.27. The standard InChI is InChI=1S/C11H13Cl2NO2/c1-3-14(7(2)11(15)16)10-5-8(12)4-9(13)6-10/h4-7H,3H2,1-2H3,(H,15,16). The summed E-state index contributed by atoms with van der Waals surface area (Å²) < 4.78 is 0. The number of hydrogen-bond donors (Lipinski definition) is 1. The van der Waals surface area contributed by atoms with Gasteiger partial charge in [-0.05, 0) is 32.0 Å². The molecule has 0 fully saturated rings. The molecule has 0 aromatic heterocycles. The van der Waals surface area contributed by atoms with Crippen molar-refractivity contribution in [2.24, 2.45) is 0 Å². The average Bonchev–Trinajstić information content (AvgIpc) is 2.16. The van der Waals surface area contributed by atoms with E-state index in [1.807, 2.05) is 6.92 Å². The molecule has 1 unspecified atom stereocenters. The van der Waals surface area contributed by atoms with Crippen LogP contribution in [0.15, 0.2) is 18.2 Å². The van der Waals surface area contributed by atoms with E-state index in [1.165, 1.54) is 0 Å². The van der Waals surface area contributed by atoms with Gasteiger partial charge in [-0.3, -0.25) is 0 Å². The van der Waals surface area contributed by atoms with Gasteiger partial charge in [0.2, 0.25) is 0 Å². The molecule has 16 heavy (non-hydrogen) atoms. The van der Waals surface area contributed by atoms with Gasteiger partial charge in [0.15, 0.2) is 0 Å². The number of anilines is 1. The number of carboxylic acid groups (broad SMARTS) is 1. The van der Waals surface area contributed by atoms with E-state index in [9.17, 15) is 4.79 Å². The minimum absolute atomic E-state index is 0.499. The number of benzene rings is 1. The number of nitrogens with zero attached hydrogens (tertiary/aromatic N) is 1. The summed E-state index contributed by atoms with van der Waals surface area (Å²) in [5, 5.41) is 9.97. The zero-order valence-corrected chi connectivity index (χ0v) is 10.6. The second-order valence-electron chi connectivity index (χ2n) is 3.43. The van der Waals surface area contributed by atoms with Crippen LogP contribution < -0.4 is 4.90 Å². The number of carboxylic acids is 1. The molecule has 0 aliphatic heterocycles. The second kappa shape index (κ2) is 5.41. The third-order valence-corrected chi connectivity index (χ3v) is 2.78. The van der Waals surface area contributed by atoms with Crippen LogP contribution in [-0.4, -0.2) is 23.7 Å². The number of hydrogen-bond acceptors (Lipinski definition) is 2. The highest BCUT2D eigenvalue weighted by Crippen LogP contribution is 2.26. The molecule has 5 heteroatoms. The van der Waals surface area contributed by atoms with Crippen molar-refractivity contribution >= 4 is 34.9 Å². The SMILES string of the molecule is CCN(c1cc(Cl)cc(Cl)c1)C(C)C(=O)O. The maximum atomic E-state index is 10.9. The van der Waals surface area contributed by atoms with E-state index in [0.717, 1.165) is 5.69 Å². The minimum Gasteiger partial charge on any atom is -0.480 e. The molecule has 1 N–H and O–H groups in total. The Morgan fingerprint density at radius 1 is 1.38 bits per heavy atom. The van der Waals surface area contributed by atoms with E-state index in [4.69, 9.17) is 28.3 Å². The molecular weight excluding hydrogens is 249 g/mol. The molecule has 0 saturated heterocycles. The molecule has 1 rings (SSSR count). The predicted molar refractivity (Wildman–Crippen MR) is 66.6 cm³/mol. The molecule has 1 aromatic rings. The zero-order chi connectivity index (χ0) is 12.3. The number of halogens is 2. The van der Waals surface area contributed by atoms with Gasteiger partial charge in [0, 0.05) is 22.3 Å². The second-order valence-corrected chi connectivity index (χ2v) is 4.30. The average molecular weight is 262 g/mol. The van der Waals surface area contributed by atoms with Crippen LogP contribution in [0.1, 0.15) is 13.8 Å². The van der Waals surface area contributed by atoms with Gasteiger partial charge in [0.05, 0.1) is 0 Å². The third kappa shape index (κ3) is 3.03. The summed E-state index contributed by atoms with van der Waals surface area (Å²) in [6.07, 6.45) is 0. The molecule has 0 bridgehead atoms. The Morgan fingerprint density at radius 2 is 1.88 bits per heavy atom. The smallest absolute Gasteiger partial charge is 0.326 e. The first kappa shape index (κ1) is 13.1. The summed E-state index contributed by atoms with van der Waals surface area (Å²) >= 11 is 11.8. The van der Waals surface area contributed by atoms with E-state index < -0.39 is 12.0 Å². The summed E-state index contributed by atoms with van der Waals surface area (Å²) in [5.41, 5.74) is 0.718. The van der Waals surface area contributed by atoms with Gasteiger partial charge in [0.25, 0.3) is 0 Å². The normalized spacial score (nSPS) is 12.2. The predicted octanol–water partition coefficient (Wildman–Crippen LogP) is 3.29. The maximum Gasteiger partial charge on any atom is 0.326 e. The van der Waals surface area contributed by atoms with Gasteiger partial charge >= 0.3 is 5.97 Å². The van der Waals surface area contributed by atoms with Crippen molar-refractivity contribution in [3.8, 4) is 0 Å². The number of aliphatic carboxylic acids is 1. The Morgan fingerprint density at radius 3 is 2.25 bits per heavy atom. The Labute approximate surface area is 105 Å². The van der Waals surface area contributed by atoms with Crippen molar-refractivity contribution in [1.82, 2.24) is 0 Å². The van der Waals surface area contributed by atoms with Crippen molar-refractivity contribution in [3.63, 3.8) is 0 Å². The topological polar surface area (TPSA) is 40.5 Å². The quantitative estimate of drug-likeness (QED) is 0.905. The maximum absolute atomic E-state index is 10.9. The Balaban J connectivity index is 3.08. The summed E-state index contributed by atoms with van der Waals surface area (Å²) in [6, 6.07) is 4.41. The first-order valence-electron chi connectivity index (χ1n) is 4.91. The fourth-order valence-corrected chi connectivity index (χ4v) is 2.03. The molecule has 1 atom stereocenters. The molecule has 0 heterocycles. The van der Waals surface area contributed by atoms with Crippen molar-refractivity contribution in [1.29, 1.82) is 0 Å². The van der Waals surface area contributed by atoms with E-state index >= 15 is 0 Å². The van der Waals surface area contributed by atoms with Gasteiger partial charge in [-0.15, -0.1) is 0 Å². The van der Waals surface area contributed by atoms with Crippen LogP contribution in [0, 0.1) is 0 Å². The first-order chi connectivity index (χ1) is 7.45. The van der Waals surface area contributed by atoms with Crippen LogP contribution in [0.4, 0.5) is 5.69 Å². The largest absolute Gasteiger partial charge is 0.480 e. The molecule has 0 saturated carbocycles. The molecule has 0 aliphatic carbocycles. The minimum atomic E-state index is -0.877. The van der Waals surface area contributed by atoms with Crippen LogP contribution in [0.2, 0.25) is 10.0 Å². The van der Waals surface area contributed by atoms with Crippen LogP contribution in [0.3, 0.4) is 0 Å². The molecule has 3 nitrogen and oxygen atoms in total. The highest BCUT2D eigenvalue weighted by Gasteiger charge is 2.19. The molecule has 0 radical (unpaired) electrons. The molecular formula is C11H13Cl2NO2. The van der Waals surface area contributed by atoms with Crippen molar-refractivity contribution in [3.05, 3.63) is 28.2 Å². The fraction of sp³-hybridized carbons (Fsp3) is 0.364. The van der Waals surface area contributed by atoms with Crippen molar-refractivity contribution in [2.45, 2.75) is 19.9 Å². The molecule has 0 aliphatic rings. The van der Waals surface area contributed by atoms with Gasteiger partial charge < -0.3 is 10.0 Å².